The molecule has 2 aromatic carbocycles. The molecule has 0 saturated carbocycles. The fourth-order valence-electron chi connectivity index (χ4n) is 6.69. The fraction of sp³-hybridized carbons (Fsp3) is 0.438. The number of anilines is 1. The molecule has 0 aliphatic carbocycles. The number of likely N-dealkylation sites (tertiary alicyclic amines) is 1. The van der Waals surface area contributed by atoms with Crippen LogP contribution < -0.4 is 15.0 Å². The van der Waals surface area contributed by atoms with E-state index in [4.69, 9.17) is 14.5 Å². The number of hydrogen-bond donors (Lipinski definition) is 1. The number of pyridine rings is 1. The predicted octanol–water partition coefficient (Wildman–Crippen LogP) is 4.23. The van der Waals surface area contributed by atoms with E-state index in [0.717, 1.165) is 54.4 Å². The molecule has 42 heavy (non-hydrogen) atoms. The normalized spacial score (nSPS) is 22.2. The molecule has 3 aliphatic rings. The number of halogens is 1. The molecule has 216 valence electrons. The molecule has 3 atom stereocenters. The van der Waals surface area contributed by atoms with E-state index in [1.807, 2.05) is 43.3 Å². The summed E-state index contributed by atoms with van der Waals surface area (Å²) in [6.45, 7) is 7.10. The molecule has 0 radical (unpaired) electrons. The van der Waals surface area contributed by atoms with Gasteiger partial charge in [-0.1, -0.05) is 36.4 Å². The van der Waals surface area contributed by atoms with Crippen LogP contribution in [0.4, 0.5) is 10.2 Å². The highest BCUT2D eigenvalue weighted by Gasteiger charge is 2.38. The first kappa shape index (κ1) is 27.0. The topological polar surface area (TPSA) is 99.4 Å². The Hall–Kier alpha value is -3.91. The molecule has 3 saturated heterocycles. The van der Waals surface area contributed by atoms with E-state index in [1.165, 1.54) is 0 Å². The van der Waals surface area contributed by atoms with Crippen LogP contribution in [0.2, 0.25) is 0 Å². The summed E-state index contributed by atoms with van der Waals surface area (Å²) >= 11 is 0. The van der Waals surface area contributed by atoms with E-state index < -0.39 is 5.82 Å². The number of rotatable bonds is 8. The van der Waals surface area contributed by atoms with Gasteiger partial charge in [0.1, 0.15) is 17.0 Å². The summed E-state index contributed by atoms with van der Waals surface area (Å²) in [6.07, 6.45) is 4.35. The highest BCUT2D eigenvalue weighted by molar-refractivity contribution is 6.00. The number of fused-ring (bicyclic) bond motifs is 4. The zero-order valence-corrected chi connectivity index (χ0v) is 23.7. The summed E-state index contributed by atoms with van der Waals surface area (Å²) < 4.78 is 28.3. The van der Waals surface area contributed by atoms with Gasteiger partial charge < -0.3 is 19.7 Å². The van der Waals surface area contributed by atoms with Crippen molar-refractivity contribution in [1.82, 2.24) is 25.2 Å². The fourth-order valence-corrected chi connectivity index (χ4v) is 6.69. The monoisotopic (exact) mass is 567 g/mol. The average Bonchev–Trinajstić information content (AvgIpc) is 3.64. The second kappa shape index (κ2) is 11.4. The third kappa shape index (κ3) is 5.02. The van der Waals surface area contributed by atoms with Gasteiger partial charge in [-0.05, 0) is 36.1 Å². The van der Waals surface area contributed by atoms with Crippen LogP contribution in [-0.2, 0) is 4.74 Å². The molecule has 5 heterocycles. The van der Waals surface area contributed by atoms with E-state index in [1.54, 1.807) is 6.20 Å². The van der Waals surface area contributed by atoms with Gasteiger partial charge in [-0.25, -0.2) is 4.39 Å². The maximum atomic E-state index is 16.5. The minimum atomic E-state index is -0.492. The van der Waals surface area contributed by atoms with Gasteiger partial charge in [-0.3, -0.25) is 9.88 Å². The number of piperazine rings is 1. The van der Waals surface area contributed by atoms with Crippen molar-refractivity contribution in [2.24, 2.45) is 0 Å². The highest BCUT2D eigenvalue weighted by atomic mass is 19.1. The van der Waals surface area contributed by atoms with Crippen LogP contribution in [-0.4, -0.2) is 84.0 Å². The zero-order chi connectivity index (χ0) is 28.6. The number of hydrogen-bond acceptors (Lipinski definition) is 9. The van der Waals surface area contributed by atoms with Gasteiger partial charge in [-0.15, -0.1) is 0 Å². The van der Waals surface area contributed by atoms with Crippen molar-refractivity contribution >= 4 is 27.5 Å². The van der Waals surface area contributed by atoms with Crippen LogP contribution in [0.3, 0.4) is 0 Å². The summed E-state index contributed by atoms with van der Waals surface area (Å²) in [7, 11) is 0. The quantitative estimate of drug-likeness (QED) is 0.314. The molecule has 0 amide bonds. The van der Waals surface area contributed by atoms with Gasteiger partial charge in [0.2, 0.25) is 0 Å². The Bertz CT molecular complexity index is 1670. The van der Waals surface area contributed by atoms with E-state index in [2.05, 4.69) is 31.2 Å². The number of morpholine rings is 1. The van der Waals surface area contributed by atoms with Gasteiger partial charge in [0.05, 0.1) is 37.2 Å². The molecule has 0 spiro atoms. The van der Waals surface area contributed by atoms with Crippen LogP contribution in [0.5, 0.6) is 6.01 Å². The van der Waals surface area contributed by atoms with Crippen molar-refractivity contribution in [3.63, 3.8) is 0 Å². The molecule has 3 fully saturated rings. The Morgan fingerprint density at radius 2 is 2.07 bits per heavy atom. The maximum Gasteiger partial charge on any atom is 0.319 e. The van der Waals surface area contributed by atoms with Crippen molar-refractivity contribution in [2.75, 3.05) is 50.8 Å². The summed E-state index contributed by atoms with van der Waals surface area (Å²) in [5.41, 5.74) is 2.23. The van der Waals surface area contributed by atoms with Crippen LogP contribution in [0.25, 0.3) is 32.9 Å². The van der Waals surface area contributed by atoms with Crippen molar-refractivity contribution < 1.29 is 13.9 Å². The van der Waals surface area contributed by atoms with E-state index in [-0.39, 0.29) is 23.3 Å². The Kier molecular flexibility index (Phi) is 7.32. The number of aryl methyl sites for hydroxylation is 1. The van der Waals surface area contributed by atoms with Gasteiger partial charge in [0, 0.05) is 56.6 Å². The van der Waals surface area contributed by atoms with Gasteiger partial charge >= 0.3 is 6.01 Å². The largest absolute Gasteiger partial charge is 0.463 e. The summed E-state index contributed by atoms with van der Waals surface area (Å²) in [4.78, 5) is 18.6. The molecule has 10 heteroatoms. The standard InChI is InChI=1S/C32H34FN7O2/c1-20-5-2-6-21-7-3-8-25(27(20)21)29-28(33)30-26(16-36-29)31(40-13-11-35-22(17-40)9-10-34)38-32(37-30)41-14-4-12-39-18-24-15-23(39)19-42-24/h2-3,5-8,16,22-24,35H,4,9,11-15,17-19H2,1H3/t22-,23-,24-/m0/s1. The SMILES string of the molecule is Cc1cccc2cccc(-c3ncc4c(N5CCN[C@@H](CC#N)C5)nc(OCCCN5C[C@@H]6C[C@H]5CO6)nc4c3F)c12. The molecular formula is C32H34FN7O2. The van der Waals surface area contributed by atoms with E-state index in [0.29, 0.717) is 56.0 Å². The summed E-state index contributed by atoms with van der Waals surface area (Å²) in [5.74, 6) is 0.0917. The minimum absolute atomic E-state index is 0.00589. The predicted molar refractivity (Wildman–Crippen MR) is 159 cm³/mol. The molecule has 3 aliphatic heterocycles. The second-order valence-corrected chi connectivity index (χ2v) is 11.5. The first-order valence-corrected chi connectivity index (χ1v) is 14.8. The Labute approximate surface area is 244 Å². The number of ether oxygens (including phenoxy) is 2. The molecule has 2 aromatic heterocycles. The van der Waals surface area contributed by atoms with Gasteiger partial charge in [0.25, 0.3) is 0 Å². The third-order valence-corrected chi connectivity index (χ3v) is 8.74. The molecule has 7 rings (SSSR count). The molecule has 9 nitrogen and oxygen atoms in total. The van der Waals surface area contributed by atoms with Crippen molar-refractivity contribution in [1.29, 1.82) is 5.26 Å². The van der Waals surface area contributed by atoms with Crippen LogP contribution in [0.1, 0.15) is 24.8 Å². The lowest BCUT2D eigenvalue weighted by Gasteiger charge is -2.34. The number of nitrogens with zero attached hydrogens (tertiary/aromatic N) is 6. The van der Waals surface area contributed by atoms with Crippen molar-refractivity contribution in [2.45, 2.75) is 44.4 Å². The first-order chi connectivity index (χ1) is 20.6. The summed E-state index contributed by atoms with van der Waals surface area (Å²) in [5, 5.41) is 15.2. The molecule has 0 unspecified atom stereocenters. The highest BCUT2D eigenvalue weighted by Crippen LogP contribution is 2.36. The van der Waals surface area contributed by atoms with Gasteiger partial charge in [-0.2, -0.15) is 15.2 Å². The van der Waals surface area contributed by atoms with Crippen LogP contribution in [0.15, 0.2) is 42.6 Å². The van der Waals surface area contributed by atoms with Crippen LogP contribution >= 0.6 is 0 Å². The third-order valence-electron chi connectivity index (χ3n) is 8.74. The molecule has 2 bridgehead atoms. The molecule has 4 aromatic rings. The smallest absolute Gasteiger partial charge is 0.319 e. The first-order valence-electron chi connectivity index (χ1n) is 14.8. The Morgan fingerprint density at radius 3 is 2.88 bits per heavy atom. The molecule has 1 N–H and O–H groups in total. The zero-order valence-electron chi connectivity index (χ0n) is 23.7. The van der Waals surface area contributed by atoms with E-state index in [9.17, 15) is 5.26 Å². The van der Waals surface area contributed by atoms with Crippen molar-refractivity contribution in [3.05, 3.63) is 54.0 Å². The number of aromatic nitrogens is 3. The second-order valence-electron chi connectivity index (χ2n) is 11.5. The number of nitriles is 1. The van der Waals surface area contributed by atoms with Gasteiger partial charge in [0.15, 0.2) is 5.82 Å². The molecular weight excluding hydrogens is 533 g/mol. The lowest BCUT2D eigenvalue weighted by Crippen LogP contribution is -2.51. The average molecular weight is 568 g/mol. The van der Waals surface area contributed by atoms with Crippen LogP contribution in [0, 0.1) is 24.1 Å². The van der Waals surface area contributed by atoms with E-state index >= 15 is 4.39 Å². The lowest BCUT2D eigenvalue weighted by atomic mass is 9.97. The lowest BCUT2D eigenvalue weighted by molar-refractivity contribution is 0.0287. The minimum Gasteiger partial charge on any atom is -0.463 e. The Balaban J connectivity index is 1.24. The number of nitrogens with one attached hydrogen (secondary N) is 1. The maximum absolute atomic E-state index is 16.5. The Morgan fingerprint density at radius 1 is 1.19 bits per heavy atom. The summed E-state index contributed by atoms with van der Waals surface area (Å²) in [6, 6.07) is 14.8. The number of benzene rings is 2. The van der Waals surface area contributed by atoms with Crippen molar-refractivity contribution in [3.8, 4) is 23.3 Å².